The minimum atomic E-state index is -0.435. The van der Waals surface area contributed by atoms with Crippen LogP contribution in [0.15, 0.2) is 0 Å². The minimum Gasteiger partial charge on any atom is -0.469 e. The Kier molecular flexibility index (Phi) is 5.40. The topological polar surface area (TPSA) is 41.6 Å². The first-order chi connectivity index (χ1) is 7.95. The zero-order chi connectivity index (χ0) is 12.9. The molecule has 1 heterocycles. The van der Waals surface area contributed by atoms with Gasteiger partial charge in [-0.15, -0.1) is 0 Å². The van der Waals surface area contributed by atoms with E-state index in [9.17, 15) is 4.79 Å². The number of carbonyl (C=O) groups excluding carboxylic acids is 1. The molecule has 0 aromatic heterocycles. The number of ether oxygens (including phenoxy) is 1. The van der Waals surface area contributed by atoms with Gasteiger partial charge in [0.05, 0.1) is 12.5 Å². The number of hydrogen-bond acceptors (Lipinski definition) is 4. The van der Waals surface area contributed by atoms with Crippen molar-refractivity contribution in [1.82, 2.24) is 10.2 Å². The van der Waals surface area contributed by atoms with Gasteiger partial charge in [0.15, 0.2) is 0 Å². The number of nitrogens with zero attached hydrogens (tertiary/aromatic N) is 1. The summed E-state index contributed by atoms with van der Waals surface area (Å²) in [5.41, 5.74) is -0.435. The van der Waals surface area contributed by atoms with Gasteiger partial charge in [-0.05, 0) is 52.7 Å². The SMILES string of the molecule is COC(=O)C(C)(C)CNCC1CCCN(C)C1. The van der Waals surface area contributed by atoms with Crippen molar-refractivity contribution in [1.29, 1.82) is 0 Å². The van der Waals surface area contributed by atoms with E-state index in [1.54, 1.807) is 0 Å². The van der Waals surface area contributed by atoms with Gasteiger partial charge in [0.2, 0.25) is 0 Å². The molecule has 0 spiro atoms. The van der Waals surface area contributed by atoms with Gasteiger partial charge in [0.25, 0.3) is 0 Å². The normalized spacial score (nSPS) is 22.5. The molecule has 1 fully saturated rings. The number of likely N-dealkylation sites (tertiary alicyclic amines) is 1. The first-order valence-corrected chi connectivity index (χ1v) is 6.43. The van der Waals surface area contributed by atoms with E-state index in [1.165, 1.54) is 26.5 Å². The van der Waals surface area contributed by atoms with Crippen molar-refractivity contribution in [2.45, 2.75) is 26.7 Å². The summed E-state index contributed by atoms with van der Waals surface area (Å²) in [7, 11) is 3.62. The van der Waals surface area contributed by atoms with Gasteiger partial charge in [0.1, 0.15) is 0 Å². The lowest BCUT2D eigenvalue weighted by molar-refractivity contribution is -0.150. The number of carbonyl (C=O) groups is 1. The van der Waals surface area contributed by atoms with Crippen LogP contribution >= 0.6 is 0 Å². The largest absolute Gasteiger partial charge is 0.469 e. The molecule has 1 atom stereocenters. The van der Waals surface area contributed by atoms with Crippen molar-refractivity contribution < 1.29 is 9.53 Å². The van der Waals surface area contributed by atoms with E-state index >= 15 is 0 Å². The Morgan fingerprint density at radius 2 is 2.24 bits per heavy atom. The Morgan fingerprint density at radius 1 is 1.53 bits per heavy atom. The zero-order valence-corrected chi connectivity index (χ0v) is 11.6. The summed E-state index contributed by atoms with van der Waals surface area (Å²) >= 11 is 0. The van der Waals surface area contributed by atoms with Crippen molar-refractivity contribution in [3.05, 3.63) is 0 Å². The first kappa shape index (κ1) is 14.5. The number of nitrogens with one attached hydrogen (secondary N) is 1. The highest BCUT2D eigenvalue weighted by Gasteiger charge is 2.28. The molecule has 100 valence electrons. The molecule has 4 nitrogen and oxygen atoms in total. The lowest BCUT2D eigenvalue weighted by Gasteiger charge is -2.31. The van der Waals surface area contributed by atoms with E-state index in [-0.39, 0.29) is 5.97 Å². The Balaban J connectivity index is 2.25. The lowest BCUT2D eigenvalue weighted by atomic mass is 9.93. The molecular weight excluding hydrogens is 216 g/mol. The molecule has 17 heavy (non-hydrogen) atoms. The van der Waals surface area contributed by atoms with E-state index in [1.807, 2.05) is 13.8 Å². The van der Waals surface area contributed by atoms with E-state index in [0.717, 1.165) is 13.1 Å². The van der Waals surface area contributed by atoms with Crippen molar-refractivity contribution in [2.75, 3.05) is 40.3 Å². The summed E-state index contributed by atoms with van der Waals surface area (Å²) in [6.45, 7) is 7.87. The molecule has 1 aliphatic heterocycles. The monoisotopic (exact) mass is 242 g/mol. The van der Waals surface area contributed by atoms with Crippen LogP contribution in [0.2, 0.25) is 0 Å². The van der Waals surface area contributed by atoms with Crippen LogP contribution in [-0.4, -0.2) is 51.2 Å². The fourth-order valence-corrected chi connectivity index (χ4v) is 2.38. The Morgan fingerprint density at radius 3 is 2.82 bits per heavy atom. The fraction of sp³-hybridized carbons (Fsp3) is 0.923. The third kappa shape index (κ3) is 4.64. The van der Waals surface area contributed by atoms with Gasteiger partial charge in [0, 0.05) is 13.1 Å². The van der Waals surface area contributed by atoms with Crippen molar-refractivity contribution in [2.24, 2.45) is 11.3 Å². The van der Waals surface area contributed by atoms with E-state index in [4.69, 9.17) is 4.74 Å². The molecule has 0 amide bonds. The van der Waals surface area contributed by atoms with Crippen molar-refractivity contribution >= 4 is 5.97 Å². The molecule has 1 saturated heterocycles. The average molecular weight is 242 g/mol. The second kappa shape index (κ2) is 6.36. The van der Waals surface area contributed by atoms with Crippen LogP contribution in [0.3, 0.4) is 0 Å². The Bertz CT molecular complexity index is 254. The third-order valence-corrected chi connectivity index (χ3v) is 3.46. The molecule has 0 bridgehead atoms. The standard InChI is InChI=1S/C13H26N2O2/c1-13(2,12(16)17-4)10-14-8-11-6-5-7-15(3)9-11/h11,14H,5-10H2,1-4H3. The summed E-state index contributed by atoms with van der Waals surface area (Å²) in [5.74, 6) is 0.563. The van der Waals surface area contributed by atoms with Crippen LogP contribution in [0.25, 0.3) is 0 Å². The summed E-state index contributed by atoms with van der Waals surface area (Å²) in [6, 6.07) is 0. The minimum absolute atomic E-state index is 0.147. The summed E-state index contributed by atoms with van der Waals surface area (Å²) in [5, 5.41) is 3.40. The van der Waals surface area contributed by atoms with E-state index < -0.39 is 5.41 Å². The van der Waals surface area contributed by atoms with Crippen LogP contribution in [0.4, 0.5) is 0 Å². The first-order valence-electron chi connectivity index (χ1n) is 6.43. The number of esters is 1. The smallest absolute Gasteiger partial charge is 0.312 e. The molecular formula is C13H26N2O2. The average Bonchev–Trinajstić information content (AvgIpc) is 2.27. The number of rotatable bonds is 5. The second-order valence-corrected chi connectivity index (χ2v) is 5.78. The molecule has 0 saturated carbocycles. The summed E-state index contributed by atoms with van der Waals surface area (Å²) in [4.78, 5) is 13.9. The van der Waals surface area contributed by atoms with Gasteiger partial charge in [-0.1, -0.05) is 0 Å². The van der Waals surface area contributed by atoms with E-state index in [2.05, 4.69) is 17.3 Å². The Hall–Kier alpha value is -0.610. The lowest BCUT2D eigenvalue weighted by Crippen LogP contribution is -2.42. The molecule has 1 N–H and O–H groups in total. The maximum absolute atomic E-state index is 11.5. The predicted molar refractivity (Wildman–Crippen MR) is 68.9 cm³/mol. The van der Waals surface area contributed by atoms with Crippen LogP contribution in [0.5, 0.6) is 0 Å². The second-order valence-electron chi connectivity index (χ2n) is 5.78. The predicted octanol–water partition coefficient (Wildman–Crippen LogP) is 1.12. The quantitative estimate of drug-likeness (QED) is 0.734. The molecule has 1 unspecified atom stereocenters. The Labute approximate surface area is 105 Å². The fourth-order valence-electron chi connectivity index (χ4n) is 2.38. The molecule has 1 aliphatic rings. The molecule has 1 rings (SSSR count). The molecule has 0 aromatic carbocycles. The molecule has 4 heteroatoms. The highest BCUT2D eigenvalue weighted by molar-refractivity contribution is 5.76. The van der Waals surface area contributed by atoms with Gasteiger partial charge in [-0.3, -0.25) is 4.79 Å². The molecule has 0 aliphatic carbocycles. The highest BCUT2D eigenvalue weighted by Crippen LogP contribution is 2.17. The van der Waals surface area contributed by atoms with Crippen LogP contribution in [0.1, 0.15) is 26.7 Å². The zero-order valence-electron chi connectivity index (χ0n) is 11.6. The third-order valence-electron chi connectivity index (χ3n) is 3.46. The van der Waals surface area contributed by atoms with Crippen LogP contribution < -0.4 is 5.32 Å². The van der Waals surface area contributed by atoms with Gasteiger partial charge in [-0.25, -0.2) is 0 Å². The number of hydrogen-bond donors (Lipinski definition) is 1. The molecule has 0 radical (unpaired) electrons. The van der Waals surface area contributed by atoms with Gasteiger partial charge >= 0.3 is 5.97 Å². The number of piperidine rings is 1. The number of methoxy groups -OCH3 is 1. The van der Waals surface area contributed by atoms with Crippen LogP contribution in [-0.2, 0) is 9.53 Å². The summed E-state index contributed by atoms with van der Waals surface area (Å²) < 4.78 is 4.79. The maximum Gasteiger partial charge on any atom is 0.312 e. The summed E-state index contributed by atoms with van der Waals surface area (Å²) in [6.07, 6.45) is 2.57. The van der Waals surface area contributed by atoms with Crippen molar-refractivity contribution in [3.8, 4) is 0 Å². The van der Waals surface area contributed by atoms with E-state index in [0.29, 0.717) is 12.5 Å². The molecule has 0 aromatic rings. The van der Waals surface area contributed by atoms with Gasteiger partial charge in [-0.2, -0.15) is 0 Å². The maximum atomic E-state index is 11.5. The van der Waals surface area contributed by atoms with Crippen LogP contribution in [0, 0.1) is 11.3 Å². The van der Waals surface area contributed by atoms with Gasteiger partial charge < -0.3 is 15.0 Å². The highest BCUT2D eigenvalue weighted by atomic mass is 16.5. The van der Waals surface area contributed by atoms with Crippen molar-refractivity contribution in [3.63, 3.8) is 0 Å².